The van der Waals surface area contributed by atoms with Crippen LogP contribution >= 0.6 is 0 Å². The fourth-order valence-electron chi connectivity index (χ4n) is 10.6. The van der Waals surface area contributed by atoms with Gasteiger partial charge in [-0.2, -0.15) is 0 Å². The molecule has 0 N–H and O–H groups in total. The van der Waals surface area contributed by atoms with Gasteiger partial charge in [0.05, 0.1) is 16.5 Å². The quantitative estimate of drug-likeness (QED) is 0.155. The minimum atomic E-state index is -0.455. The number of anilines is 3. The number of benzene rings is 7. The molecule has 1 aliphatic carbocycles. The van der Waals surface area contributed by atoms with Gasteiger partial charge in [-0.25, -0.2) is 0 Å². The highest BCUT2D eigenvalue weighted by molar-refractivity contribution is 6.90. The van der Waals surface area contributed by atoms with Gasteiger partial charge in [0.1, 0.15) is 5.58 Å². The lowest BCUT2D eigenvalue weighted by molar-refractivity contribution is 0.651. The van der Waals surface area contributed by atoms with Gasteiger partial charge in [-0.3, -0.25) is 0 Å². The van der Waals surface area contributed by atoms with E-state index < -0.39 is 5.41 Å². The third-order valence-corrected chi connectivity index (χ3v) is 12.2. The summed E-state index contributed by atoms with van der Waals surface area (Å²) in [7, 11) is 0. The highest BCUT2D eigenvalue weighted by Gasteiger charge is 2.55. The second kappa shape index (κ2) is 8.48. The molecule has 0 fully saturated rings. The van der Waals surface area contributed by atoms with Crippen LogP contribution in [0.1, 0.15) is 27.8 Å². The van der Waals surface area contributed by atoms with Gasteiger partial charge >= 0.3 is 6.85 Å². The van der Waals surface area contributed by atoms with E-state index >= 15 is 0 Å². The molecule has 7 aromatic carbocycles. The van der Waals surface area contributed by atoms with Crippen LogP contribution in [0.2, 0.25) is 0 Å². The highest BCUT2D eigenvalue weighted by Crippen LogP contribution is 2.63. The molecule has 230 valence electrons. The number of hydrogen-bond acceptors (Lipinski definition) is 2. The van der Waals surface area contributed by atoms with E-state index in [4.69, 9.17) is 4.42 Å². The average Bonchev–Trinajstić information content (AvgIpc) is 3.79. The minimum absolute atomic E-state index is 0.0588. The normalized spacial score (nSPS) is 15.0. The standard InChI is InChI=1S/C46H27BN2O/c1-26-24-32-29-15-10-16-31-41-30-14-4-9-23-40(30)50-45(41)49(43(29)31)47-37-21-11-20-36-44(37)48(39(25-26)42(32)47)38-22-8-7-19-35(38)46(36)33-17-5-2-12-27(33)28-13-3-6-18-34(28)46/h2-25H,1H3. The Morgan fingerprint density at radius 2 is 1.22 bits per heavy atom. The van der Waals surface area contributed by atoms with E-state index in [1.165, 1.54) is 99.7 Å². The van der Waals surface area contributed by atoms with E-state index in [0.717, 1.165) is 11.3 Å². The molecule has 0 atom stereocenters. The van der Waals surface area contributed by atoms with Crippen LogP contribution in [0, 0.1) is 6.92 Å². The number of nitrogens with zero attached hydrogens (tertiary/aromatic N) is 2. The van der Waals surface area contributed by atoms with Gasteiger partial charge in [0, 0.05) is 33.2 Å². The molecule has 1 spiro atoms. The molecule has 50 heavy (non-hydrogen) atoms. The number of hydrogen-bond donors (Lipinski definition) is 0. The number of furan rings is 1. The summed E-state index contributed by atoms with van der Waals surface area (Å²) >= 11 is 0. The molecule has 13 rings (SSSR count). The van der Waals surface area contributed by atoms with Crippen LogP contribution in [-0.4, -0.2) is 11.3 Å². The van der Waals surface area contributed by atoms with Crippen LogP contribution in [-0.2, 0) is 5.41 Å². The summed E-state index contributed by atoms with van der Waals surface area (Å²) in [5.74, 6) is 0. The summed E-state index contributed by atoms with van der Waals surface area (Å²) in [6.07, 6.45) is 0. The molecule has 0 saturated heterocycles. The largest absolute Gasteiger partial charge is 0.441 e. The molecule has 3 nitrogen and oxygen atoms in total. The Morgan fingerprint density at radius 1 is 0.560 bits per heavy atom. The molecule has 9 aromatic rings. The molecule has 2 aromatic heterocycles. The van der Waals surface area contributed by atoms with Gasteiger partial charge in [-0.05, 0) is 80.6 Å². The fraction of sp³-hybridized carbons (Fsp3) is 0.0435. The van der Waals surface area contributed by atoms with E-state index in [9.17, 15) is 0 Å². The van der Waals surface area contributed by atoms with E-state index in [1.54, 1.807) is 0 Å². The molecular weight excluding hydrogens is 607 g/mol. The van der Waals surface area contributed by atoms with Crippen molar-refractivity contribution in [2.45, 2.75) is 12.3 Å². The Balaban J connectivity index is 1.24. The summed E-state index contributed by atoms with van der Waals surface area (Å²) in [5.41, 5.74) is 21.0. The van der Waals surface area contributed by atoms with Gasteiger partial charge < -0.3 is 13.8 Å². The summed E-state index contributed by atoms with van der Waals surface area (Å²) < 4.78 is 9.43. The predicted molar refractivity (Wildman–Crippen MR) is 205 cm³/mol. The maximum Gasteiger partial charge on any atom is 0.336 e. The number of aryl methyl sites for hydroxylation is 1. The van der Waals surface area contributed by atoms with Gasteiger partial charge in [0.15, 0.2) is 5.71 Å². The first-order chi connectivity index (χ1) is 24.7. The number of para-hydroxylation sites is 4. The zero-order valence-electron chi connectivity index (χ0n) is 27.2. The Kier molecular flexibility index (Phi) is 4.36. The first-order valence-corrected chi connectivity index (χ1v) is 17.6. The first-order valence-electron chi connectivity index (χ1n) is 17.6. The summed E-state index contributed by atoms with van der Waals surface area (Å²) in [6.45, 7) is 2.19. The van der Waals surface area contributed by atoms with Gasteiger partial charge in [-0.1, -0.05) is 127 Å². The molecule has 0 amide bonds. The van der Waals surface area contributed by atoms with Crippen LogP contribution in [0.15, 0.2) is 150 Å². The van der Waals surface area contributed by atoms with Gasteiger partial charge in [0.2, 0.25) is 0 Å². The minimum Gasteiger partial charge on any atom is -0.441 e. The number of rotatable bonds is 0. The van der Waals surface area contributed by atoms with Crippen molar-refractivity contribution in [3.8, 4) is 22.3 Å². The lowest BCUT2D eigenvalue weighted by Crippen LogP contribution is -2.58. The maximum absolute atomic E-state index is 6.89. The molecule has 3 aliphatic heterocycles. The Hall–Kier alpha value is -6.26. The first kappa shape index (κ1) is 25.7. The Bertz CT molecular complexity index is 2990. The van der Waals surface area contributed by atoms with Crippen LogP contribution < -0.4 is 15.8 Å². The molecule has 5 heterocycles. The van der Waals surface area contributed by atoms with Crippen molar-refractivity contribution in [2.24, 2.45) is 0 Å². The average molecular weight is 635 g/mol. The zero-order chi connectivity index (χ0) is 32.5. The van der Waals surface area contributed by atoms with Crippen molar-refractivity contribution in [1.29, 1.82) is 0 Å². The third kappa shape index (κ3) is 2.65. The van der Waals surface area contributed by atoms with Crippen molar-refractivity contribution >= 4 is 67.8 Å². The van der Waals surface area contributed by atoms with Crippen molar-refractivity contribution in [3.63, 3.8) is 0 Å². The summed E-state index contributed by atoms with van der Waals surface area (Å²) in [4.78, 5) is 2.60. The molecular formula is C46H27BN2O. The summed E-state index contributed by atoms with van der Waals surface area (Å²) in [5, 5.41) is 3.63. The number of aromatic nitrogens is 1. The zero-order valence-corrected chi connectivity index (χ0v) is 27.2. The van der Waals surface area contributed by atoms with E-state index in [1.807, 2.05) is 0 Å². The predicted octanol–water partition coefficient (Wildman–Crippen LogP) is 9.94. The summed E-state index contributed by atoms with van der Waals surface area (Å²) in [6, 6.07) is 54.6. The topological polar surface area (TPSA) is 21.3 Å². The molecule has 4 heteroatoms. The van der Waals surface area contributed by atoms with Gasteiger partial charge in [-0.15, -0.1) is 0 Å². The monoisotopic (exact) mass is 634 g/mol. The van der Waals surface area contributed by atoms with E-state index in [2.05, 4.69) is 162 Å². The fourth-order valence-corrected chi connectivity index (χ4v) is 10.6. The van der Waals surface area contributed by atoms with Crippen LogP contribution in [0.3, 0.4) is 0 Å². The second-order valence-electron chi connectivity index (χ2n) is 14.4. The van der Waals surface area contributed by atoms with Crippen molar-refractivity contribution in [1.82, 2.24) is 4.48 Å². The molecule has 0 unspecified atom stereocenters. The van der Waals surface area contributed by atoms with Crippen LogP contribution in [0.25, 0.3) is 55.2 Å². The smallest absolute Gasteiger partial charge is 0.336 e. The Morgan fingerprint density at radius 3 is 2.06 bits per heavy atom. The molecule has 4 aliphatic rings. The van der Waals surface area contributed by atoms with E-state index in [0.29, 0.717) is 0 Å². The third-order valence-electron chi connectivity index (χ3n) is 12.2. The van der Waals surface area contributed by atoms with Crippen LogP contribution in [0.5, 0.6) is 0 Å². The lowest BCUT2D eigenvalue weighted by Gasteiger charge is -2.49. The van der Waals surface area contributed by atoms with Gasteiger partial charge in [0.25, 0.3) is 0 Å². The number of fused-ring (bicyclic) bond motifs is 18. The molecule has 0 saturated carbocycles. The van der Waals surface area contributed by atoms with Crippen molar-refractivity contribution in [3.05, 3.63) is 173 Å². The van der Waals surface area contributed by atoms with Crippen LogP contribution in [0.4, 0.5) is 17.1 Å². The molecule has 0 bridgehead atoms. The van der Waals surface area contributed by atoms with Crippen molar-refractivity contribution < 1.29 is 4.42 Å². The highest BCUT2D eigenvalue weighted by atomic mass is 16.3. The van der Waals surface area contributed by atoms with Crippen molar-refractivity contribution in [2.75, 3.05) is 4.90 Å². The Labute approximate surface area is 288 Å². The lowest BCUT2D eigenvalue weighted by atomic mass is 9.44. The van der Waals surface area contributed by atoms with E-state index in [-0.39, 0.29) is 6.85 Å². The maximum atomic E-state index is 6.89. The SMILES string of the molecule is Cc1cc2c3c(c1)N1c4ccccc4C4(c5ccccc5-c5ccccc54)c4cccc(c41)B3n1c3oc4ccccc4c3c3cccc-2c31. The molecule has 0 radical (unpaired) electrons. The second-order valence-corrected chi connectivity index (χ2v) is 14.4.